The van der Waals surface area contributed by atoms with Crippen LogP contribution in [0.3, 0.4) is 0 Å². The number of hydrogen-bond acceptors (Lipinski definition) is 3. The molecule has 3 N–H and O–H groups in total. The number of phenolic OH excluding ortho intramolecular Hbond substituents is 1. The summed E-state index contributed by atoms with van der Waals surface area (Å²) < 4.78 is 0. The van der Waals surface area contributed by atoms with Gasteiger partial charge in [-0.05, 0) is 37.1 Å². The number of phenols is 1. The highest BCUT2D eigenvalue weighted by molar-refractivity contribution is 5.94. The molecule has 0 aliphatic rings. The summed E-state index contributed by atoms with van der Waals surface area (Å²) in [5.41, 5.74) is 0.543. The minimum atomic E-state index is -0.730. The predicted molar refractivity (Wildman–Crippen MR) is 80.4 cm³/mol. The molecule has 0 unspecified atom stereocenters. The van der Waals surface area contributed by atoms with Crippen LogP contribution in [0.1, 0.15) is 55.3 Å². The van der Waals surface area contributed by atoms with E-state index in [1.165, 1.54) is 12.1 Å². The van der Waals surface area contributed by atoms with E-state index in [1.807, 2.05) is 0 Å². The Balaban J connectivity index is 2.00. The van der Waals surface area contributed by atoms with E-state index in [0.717, 1.165) is 38.5 Å². The number of aliphatic carboxylic acids is 1. The van der Waals surface area contributed by atoms with E-state index in [-0.39, 0.29) is 18.1 Å². The molecular formula is C16H23NO4. The van der Waals surface area contributed by atoms with Gasteiger partial charge >= 0.3 is 5.97 Å². The number of carbonyl (C=O) groups excluding carboxylic acids is 1. The molecule has 0 saturated heterocycles. The fourth-order valence-corrected chi connectivity index (χ4v) is 2.03. The number of rotatable bonds is 10. The number of amides is 1. The van der Waals surface area contributed by atoms with Crippen molar-refractivity contribution in [3.05, 3.63) is 29.8 Å². The Morgan fingerprint density at radius 2 is 1.48 bits per heavy atom. The molecule has 1 aromatic rings. The summed E-state index contributed by atoms with van der Waals surface area (Å²) in [5, 5.41) is 20.5. The van der Waals surface area contributed by atoms with Crippen LogP contribution in [0.15, 0.2) is 24.3 Å². The first kappa shape index (κ1) is 17.0. The molecule has 21 heavy (non-hydrogen) atoms. The minimum absolute atomic E-state index is 0.128. The van der Waals surface area contributed by atoms with E-state index in [9.17, 15) is 9.59 Å². The largest absolute Gasteiger partial charge is 0.508 e. The SMILES string of the molecule is O=C(O)CCCCCCCCNC(=O)c1ccc(O)cc1. The van der Waals surface area contributed by atoms with Crippen LogP contribution < -0.4 is 5.32 Å². The summed E-state index contributed by atoms with van der Waals surface area (Å²) in [4.78, 5) is 22.1. The third-order valence-corrected chi connectivity index (χ3v) is 3.23. The highest BCUT2D eigenvalue weighted by Gasteiger charge is 2.04. The van der Waals surface area contributed by atoms with Crippen molar-refractivity contribution in [3.63, 3.8) is 0 Å². The molecule has 0 aliphatic carbocycles. The molecular weight excluding hydrogens is 270 g/mol. The fourth-order valence-electron chi connectivity index (χ4n) is 2.03. The zero-order chi connectivity index (χ0) is 15.5. The predicted octanol–water partition coefficient (Wildman–Crippen LogP) is 2.94. The molecule has 116 valence electrons. The van der Waals surface area contributed by atoms with E-state index in [1.54, 1.807) is 12.1 Å². The van der Waals surface area contributed by atoms with Crippen LogP contribution in [0.4, 0.5) is 0 Å². The van der Waals surface area contributed by atoms with Crippen molar-refractivity contribution in [3.8, 4) is 5.75 Å². The zero-order valence-corrected chi connectivity index (χ0v) is 12.2. The lowest BCUT2D eigenvalue weighted by Crippen LogP contribution is -2.24. The summed E-state index contributed by atoms with van der Waals surface area (Å²) in [6, 6.07) is 6.16. The maximum absolute atomic E-state index is 11.7. The molecule has 0 heterocycles. The van der Waals surface area contributed by atoms with Crippen LogP contribution in [-0.2, 0) is 4.79 Å². The van der Waals surface area contributed by atoms with Gasteiger partial charge in [0, 0.05) is 18.5 Å². The van der Waals surface area contributed by atoms with Crippen molar-refractivity contribution in [1.29, 1.82) is 0 Å². The molecule has 5 heteroatoms. The van der Waals surface area contributed by atoms with Gasteiger partial charge in [0.15, 0.2) is 0 Å². The molecule has 0 bridgehead atoms. The van der Waals surface area contributed by atoms with Gasteiger partial charge in [0.1, 0.15) is 5.75 Å². The second-order valence-electron chi connectivity index (χ2n) is 5.07. The first-order valence-electron chi connectivity index (χ1n) is 7.38. The highest BCUT2D eigenvalue weighted by Crippen LogP contribution is 2.10. The van der Waals surface area contributed by atoms with Gasteiger partial charge in [-0.2, -0.15) is 0 Å². The van der Waals surface area contributed by atoms with Crippen LogP contribution in [0.25, 0.3) is 0 Å². The summed E-state index contributed by atoms with van der Waals surface area (Å²) >= 11 is 0. The zero-order valence-electron chi connectivity index (χ0n) is 12.2. The Morgan fingerprint density at radius 3 is 2.10 bits per heavy atom. The number of aromatic hydroxyl groups is 1. The van der Waals surface area contributed by atoms with Gasteiger partial charge in [-0.3, -0.25) is 9.59 Å². The third kappa shape index (κ3) is 7.97. The van der Waals surface area contributed by atoms with Crippen molar-refractivity contribution in [2.24, 2.45) is 0 Å². The molecule has 1 aromatic carbocycles. The molecule has 0 aliphatic heterocycles. The molecule has 0 saturated carbocycles. The maximum atomic E-state index is 11.7. The fraction of sp³-hybridized carbons (Fsp3) is 0.500. The maximum Gasteiger partial charge on any atom is 0.303 e. The third-order valence-electron chi connectivity index (χ3n) is 3.23. The van der Waals surface area contributed by atoms with E-state index in [4.69, 9.17) is 10.2 Å². The van der Waals surface area contributed by atoms with Gasteiger partial charge in [0.05, 0.1) is 0 Å². The van der Waals surface area contributed by atoms with Gasteiger partial charge in [-0.15, -0.1) is 0 Å². The summed E-state index contributed by atoms with van der Waals surface area (Å²) in [6.07, 6.45) is 6.00. The minimum Gasteiger partial charge on any atom is -0.508 e. The van der Waals surface area contributed by atoms with Gasteiger partial charge < -0.3 is 15.5 Å². The number of benzene rings is 1. The lowest BCUT2D eigenvalue weighted by molar-refractivity contribution is -0.137. The van der Waals surface area contributed by atoms with Crippen molar-refractivity contribution in [2.75, 3.05) is 6.54 Å². The molecule has 0 aromatic heterocycles. The average molecular weight is 293 g/mol. The molecule has 0 atom stereocenters. The van der Waals surface area contributed by atoms with Crippen LogP contribution in [0, 0.1) is 0 Å². The number of unbranched alkanes of at least 4 members (excludes halogenated alkanes) is 5. The van der Waals surface area contributed by atoms with Crippen LogP contribution >= 0.6 is 0 Å². The lowest BCUT2D eigenvalue weighted by Gasteiger charge is -2.05. The summed E-state index contributed by atoms with van der Waals surface area (Å²) in [5.74, 6) is -0.710. The topological polar surface area (TPSA) is 86.6 Å². The van der Waals surface area contributed by atoms with Crippen molar-refractivity contribution >= 4 is 11.9 Å². The Hall–Kier alpha value is -2.04. The Bertz CT molecular complexity index is 442. The monoisotopic (exact) mass is 293 g/mol. The average Bonchev–Trinajstić information content (AvgIpc) is 2.45. The molecule has 0 radical (unpaired) electrons. The molecule has 0 spiro atoms. The highest BCUT2D eigenvalue weighted by atomic mass is 16.4. The van der Waals surface area contributed by atoms with Crippen molar-refractivity contribution in [1.82, 2.24) is 5.32 Å². The Labute approximate surface area is 125 Å². The Kier molecular flexibility index (Phi) is 7.94. The number of carboxylic acids is 1. The number of hydrogen-bond donors (Lipinski definition) is 3. The van der Waals surface area contributed by atoms with Crippen molar-refractivity contribution < 1.29 is 19.8 Å². The second kappa shape index (κ2) is 9.80. The van der Waals surface area contributed by atoms with Crippen LogP contribution in [0.2, 0.25) is 0 Å². The normalized spacial score (nSPS) is 10.3. The van der Waals surface area contributed by atoms with Gasteiger partial charge in [0.2, 0.25) is 0 Å². The van der Waals surface area contributed by atoms with Crippen LogP contribution in [0.5, 0.6) is 5.75 Å². The summed E-state index contributed by atoms with van der Waals surface area (Å²) in [6.45, 7) is 0.634. The number of carboxylic acid groups (broad SMARTS) is 1. The van der Waals surface area contributed by atoms with Crippen LogP contribution in [-0.4, -0.2) is 28.6 Å². The van der Waals surface area contributed by atoms with E-state index in [2.05, 4.69) is 5.32 Å². The lowest BCUT2D eigenvalue weighted by atomic mass is 10.1. The Morgan fingerprint density at radius 1 is 0.905 bits per heavy atom. The summed E-state index contributed by atoms with van der Waals surface area (Å²) in [7, 11) is 0. The second-order valence-corrected chi connectivity index (χ2v) is 5.07. The quantitative estimate of drug-likeness (QED) is 0.579. The molecule has 1 amide bonds. The van der Waals surface area contributed by atoms with E-state index in [0.29, 0.717) is 12.1 Å². The molecule has 0 fully saturated rings. The molecule has 1 rings (SSSR count). The van der Waals surface area contributed by atoms with Gasteiger partial charge in [-0.1, -0.05) is 25.7 Å². The van der Waals surface area contributed by atoms with Gasteiger partial charge in [0.25, 0.3) is 5.91 Å². The van der Waals surface area contributed by atoms with Crippen molar-refractivity contribution in [2.45, 2.75) is 44.9 Å². The number of nitrogens with one attached hydrogen (secondary N) is 1. The number of carbonyl (C=O) groups is 2. The van der Waals surface area contributed by atoms with Gasteiger partial charge in [-0.25, -0.2) is 0 Å². The van der Waals surface area contributed by atoms with E-state index < -0.39 is 5.97 Å². The first-order valence-corrected chi connectivity index (χ1v) is 7.38. The molecule has 5 nitrogen and oxygen atoms in total. The standard InChI is InChI=1S/C16H23NO4/c18-14-10-8-13(9-11-14)16(21)17-12-6-4-2-1-3-5-7-15(19)20/h8-11,18H,1-7,12H2,(H,17,21)(H,19,20). The smallest absolute Gasteiger partial charge is 0.303 e. The van der Waals surface area contributed by atoms with E-state index >= 15 is 0 Å². The first-order chi connectivity index (χ1) is 10.1.